The zero-order chi connectivity index (χ0) is 23.9. The summed E-state index contributed by atoms with van der Waals surface area (Å²) in [6, 6.07) is 21.5. The molecule has 0 amide bonds. The zero-order valence-electron chi connectivity index (χ0n) is 19.6. The first kappa shape index (κ1) is 21.1. The number of nitrogens with zero attached hydrogens (tertiary/aromatic N) is 3. The minimum Gasteiger partial charge on any atom is -0.497 e. The summed E-state index contributed by atoms with van der Waals surface area (Å²) in [4.78, 5) is 4.49. The highest BCUT2D eigenvalue weighted by Gasteiger charge is 2.42. The molecule has 2 atom stereocenters. The van der Waals surface area contributed by atoms with E-state index in [0.717, 1.165) is 39.5 Å². The van der Waals surface area contributed by atoms with Crippen molar-refractivity contribution in [3.05, 3.63) is 95.3 Å². The summed E-state index contributed by atoms with van der Waals surface area (Å²) in [5.74, 6) is 3.49. The van der Waals surface area contributed by atoms with Gasteiger partial charge in [-0.15, -0.1) is 0 Å². The van der Waals surface area contributed by atoms with E-state index in [1.54, 1.807) is 27.7 Å². The maximum Gasteiger partial charge on any atom is 0.226 e. The van der Waals surface area contributed by atoms with Crippen LogP contribution in [0.3, 0.4) is 0 Å². The Morgan fingerprint density at radius 1 is 0.886 bits per heavy atom. The summed E-state index contributed by atoms with van der Waals surface area (Å²) < 4.78 is 25.4. The van der Waals surface area contributed by atoms with Crippen LogP contribution in [0.2, 0.25) is 0 Å². The number of ether oxygens (including phenoxy) is 4. The molecule has 2 aliphatic heterocycles. The number of aromatic nitrogens is 3. The van der Waals surface area contributed by atoms with Gasteiger partial charge in [0, 0.05) is 16.7 Å². The Kier molecular flexibility index (Phi) is 5.06. The van der Waals surface area contributed by atoms with E-state index in [-0.39, 0.29) is 6.04 Å². The van der Waals surface area contributed by atoms with Gasteiger partial charge in [0.15, 0.2) is 17.6 Å². The number of methoxy groups -OCH3 is 3. The molecule has 0 aliphatic carbocycles. The highest BCUT2D eigenvalue weighted by molar-refractivity contribution is 5.85. The van der Waals surface area contributed by atoms with Crippen LogP contribution in [0, 0.1) is 0 Å². The van der Waals surface area contributed by atoms with Crippen molar-refractivity contribution in [1.29, 1.82) is 0 Å². The van der Waals surface area contributed by atoms with Crippen LogP contribution in [-0.4, -0.2) is 36.1 Å². The van der Waals surface area contributed by atoms with Gasteiger partial charge in [-0.25, -0.2) is 4.68 Å². The molecular weight excluding hydrogens is 444 g/mol. The van der Waals surface area contributed by atoms with Crippen LogP contribution in [-0.2, 0) is 0 Å². The van der Waals surface area contributed by atoms with Crippen molar-refractivity contribution < 1.29 is 18.9 Å². The first-order valence-corrected chi connectivity index (χ1v) is 11.2. The number of benzene rings is 3. The molecule has 8 nitrogen and oxygen atoms in total. The predicted octanol–water partition coefficient (Wildman–Crippen LogP) is 4.86. The molecule has 0 bridgehead atoms. The third kappa shape index (κ3) is 3.29. The third-order valence-corrected chi connectivity index (χ3v) is 6.47. The number of fused-ring (bicyclic) bond motifs is 3. The van der Waals surface area contributed by atoms with Gasteiger partial charge in [0.05, 0.1) is 27.0 Å². The average Bonchev–Trinajstić information content (AvgIpc) is 3.39. The van der Waals surface area contributed by atoms with Crippen molar-refractivity contribution in [2.24, 2.45) is 0 Å². The molecule has 4 aromatic rings. The Labute approximate surface area is 202 Å². The van der Waals surface area contributed by atoms with E-state index in [0.29, 0.717) is 17.4 Å². The maximum atomic E-state index is 6.70. The molecule has 176 valence electrons. The van der Waals surface area contributed by atoms with Crippen molar-refractivity contribution in [2.45, 2.75) is 12.1 Å². The second-order valence-electron chi connectivity index (χ2n) is 8.24. The quantitative estimate of drug-likeness (QED) is 0.448. The fourth-order valence-corrected chi connectivity index (χ4v) is 4.90. The minimum atomic E-state index is -0.470. The van der Waals surface area contributed by atoms with E-state index in [9.17, 15) is 0 Å². The standard InChI is InChI=1S/C27H24N4O4/c1-32-17-13-11-16(12-14-17)24-22-23(30-27-28-15-29-31(24)27)18-7-4-5-9-20(18)35-26(22)19-8-6-10-21(33-2)25(19)34-3/h4-15,24,26H,1-3H3,(H,28,29,30)/t24-,26-/m0/s1. The fraction of sp³-hybridized carbons (Fsp3) is 0.185. The van der Waals surface area contributed by atoms with E-state index >= 15 is 0 Å². The first-order chi connectivity index (χ1) is 17.2. The van der Waals surface area contributed by atoms with Gasteiger partial charge in [0.1, 0.15) is 23.9 Å². The highest BCUT2D eigenvalue weighted by atomic mass is 16.5. The van der Waals surface area contributed by atoms with Crippen LogP contribution in [0.25, 0.3) is 5.70 Å². The lowest BCUT2D eigenvalue weighted by molar-refractivity contribution is 0.216. The van der Waals surface area contributed by atoms with E-state index in [1.165, 1.54) is 0 Å². The molecule has 3 aromatic carbocycles. The van der Waals surface area contributed by atoms with Crippen LogP contribution >= 0.6 is 0 Å². The smallest absolute Gasteiger partial charge is 0.226 e. The summed E-state index contributed by atoms with van der Waals surface area (Å²) in [7, 11) is 4.93. The van der Waals surface area contributed by atoms with Gasteiger partial charge in [-0.05, 0) is 35.9 Å². The van der Waals surface area contributed by atoms with Crippen molar-refractivity contribution in [1.82, 2.24) is 14.8 Å². The number of hydrogen-bond acceptors (Lipinski definition) is 7. The molecule has 0 radical (unpaired) electrons. The Balaban J connectivity index is 1.62. The molecular formula is C27H24N4O4. The molecule has 0 saturated heterocycles. The van der Waals surface area contributed by atoms with Crippen LogP contribution in [0.4, 0.5) is 5.95 Å². The Morgan fingerprint density at radius 3 is 2.49 bits per heavy atom. The number of rotatable bonds is 5. The number of nitrogens with one attached hydrogen (secondary N) is 1. The largest absolute Gasteiger partial charge is 0.497 e. The normalized spacial score (nSPS) is 17.9. The fourth-order valence-electron chi connectivity index (χ4n) is 4.90. The molecule has 0 unspecified atom stereocenters. The Hall–Kier alpha value is -4.46. The SMILES string of the molecule is COc1ccc([C@H]2C3=C(Nc4ncnn42)c2ccccc2O[C@H]3c2cccc(OC)c2OC)cc1. The van der Waals surface area contributed by atoms with Crippen molar-refractivity contribution in [3.8, 4) is 23.0 Å². The molecule has 1 aromatic heterocycles. The number of hydrogen-bond donors (Lipinski definition) is 1. The Morgan fingerprint density at radius 2 is 1.71 bits per heavy atom. The molecule has 35 heavy (non-hydrogen) atoms. The van der Waals surface area contributed by atoms with E-state index in [4.69, 9.17) is 18.9 Å². The lowest BCUT2D eigenvalue weighted by Crippen LogP contribution is -2.32. The highest BCUT2D eigenvalue weighted by Crippen LogP contribution is 2.52. The molecule has 0 saturated carbocycles. The van der Waals surface area contributed by atoms with Crippen molar-refractivity contribution >= 4 is 11.6 Å². The van der Waals surface area contributed by atoms with Gasteiger partial charge < -0.3 is 24.3 Å². The van der Waals surface area contributed by atoms with Gasteiger partial charge in [0.2, 0.25) is 5.95 Å². The lowest BCUT2D eigenvalue weighted by atomic mass is 9.84. The van der Waals surface area contributed by atoms with Crippen LogP contribution in [0.1, 0.15) is 28.8 Å². The molecule has 6 rings (SSSR count). The summed E-state index contributed by atoms with van der Waals surface area (Å²) >= 11 is 0. The van der Waals surface area contributed by atoms with Crippen molar-refractivity contribution in [2.75, 3.05) is 26.6 Å². The average molecular weight is 469 g/mol. The first-order valence-electron chi connectivity index (χ1n) is 11.2. The zero-order valence-corrected chi connectivity index (χ0v) is 19.6. The molecule has 1 N–H and O–H groups in total. The minimum absolute atomic E-state index is 0.274. The maximum absolute atomic E-state index is 6.70. The number of para-hydroxylation sites is 2. The van der Waals surface area contributed by atoms with Gasteiger partial charge in [-0.1, -0.05) is 36.4 Å². The lowest BCUT2D eigenvalue weighted by Gasteiger charge is -2.39. The van der Waals surface area contributed by atoms with Gasteiger partial charge in [-0.3, -0.25) is 0 Å². The third-order valence-electron chi connectivity index (χ3n) is 6.47. The Bertz CT molecular complexity index is 1430. The van der Waals surface area contributed by atoms with Crippen LogP contribution < -0.4 is 24.3 Å². The summed E-state index contributed by atoms with van der Waals surface area (Å²) in [5.41, 5.74) is 4.80. The van der Waals surface area contributed by atoms with Crippen LogP contribution in [0.15, 0.2) is 78.6 Å². The number of anilines is 1. The molecule has 0 fully saturated rings. The van der Waals surface area contributed by atoms with Gasteiger partial charge >= 0.3 is 0 Å². The second-order valence-corrected chi connectivity index (χ2v) is 8.24. The summed E-state index contributed by atoms with van der Waals surface area (Å²) in [6.07, 6.45) is 1.09. The predicted molar refractivity (Wildman–Crippen MR) is 131 cm³/mol. The molecule has 2 aliphatic rings. The van der Waals surface area contributed by atoms with E-state index in [1.807, 2.05) is 71.4 Å². The van der Waals surface area contributed by atoms with E-state index < -0.39 is 6.10 Å². The van der Waals surface area contributed by atoms with Gasteiger partial charge in [-0.2, -0.15) is 10.1 Å². The van der Waals surface area contributed by atoms with Crippen LogP contribution in [0.5, 0.6) is 23.0 Å². The second kappa shape index (κ2) is 8.39. The summed E-state index contributed by atoms with van der Waals surface area (Å²) in [5, 5.41) is 8.09. The molecule has 0 spiro atoms. The summed E-state index contributed by atoms with van der Waals surface area (Å²) in [6.45, 7) is 0. The van der Waals surface area contributed by atoms with Crippen molar-refractivity contribution in [3.63, 3.8) is 0 Å². The molecule has 3 heterocycles. The van der Waals surface area contributed by atoms with Gasteiger partial charge in [0.25, 0.3) is 0 Å². The monoisotopic (exact) mass is 468 g/mol. The topological polar surface area (TPSA) is 79.7 Å². The van der Waals surface area contributed by atoms with E-state index in [2.05, 4.69) is 15.4 Å². The molecule has 8 heteroatoms.